The topological polar surface area (TPSA) is 49.8 Å². The Morgan fingerprint density at radius 3 is 2.52 bits per heavy atom. The first kappa shape index (κ1) is 16.3. The average Bonchev–Trinajstić information content (AvgIpc) is 2.39. The summed E-state index contributed by atoms with van der Waals surface area (Å²) in [6.45, 7) is 0.508. The average molecular weight is 312 g/mol. The van der Waals surface area contributed by atoms with Gasteiger partial charge in [-0.3, -0.25) is 4.79 Å². The monoisotopic (exact) mass is 311 g/mol. The van der Waals surface area contributed by atoms with Gasteiger partial charge in [-0.15, -0.1) is 0 Å². The largest absolute Gasteiger partial charge is 0.389 e. The van der Waals surface area contributed by atoms with E-state index in [1.807, 2.05) is 24.3 Å². The molecule has 0 aliphatic heterocycles. The second kappa shape index (κ2) is 6.77. The second-order valence-electron chi connectivity index (χ2n) is 5.74. The number of carbonyl (C=O) groups excluding carboxylic acids is 1. The number of hydrogen-bond donors (Lipinski definition) is 1. The maximum absolute atomic E-state index is 12.8. The van der Waals surface area contributed by atoms with Crippen LogP contribution in [-0.4, -0.2) is 49.3 Å². The smallest absolute Gasteiger partial charge is 0.233 e. The molecule has 0 aromatic heterocycles. The molecule has 0 spiro atoms. The maximum atomic E-state index is 12.8. The second-order valence-corrected chi connectivity index (χ2v) is 6.17. The summed E-state index contributed by atoms with van der Waals surface area (Å²) in [5.74, 6) is 0.0613. The molecule has 1 aromatic carbocycles. The molecule has 2 rings (SSSR count). The van der Waals surface area contributed by atoms with Crippen LogP contribution in [0.5, 0.6) is 0 Å². The molecule has 1 saturated carbocycles. The number of amides is 1. The molecule has 1 amide bonds. The van der Waals surface area contributed by atoms with Crippen molar-refractivity contribution in [2.75, 3.05) is 27.3 Å². The minimum absolute atomic E-state index is 0.0613. The minimum Gasteiger partial charge on any atom is -0.389 e. The predicted octanol–water partition coefficient (Wildman–Crippen LogP) is 2.23. The van der Waals surface area contributed by atoms with Crippen molar-refractivity contribution >= 4 is 17.5 Å². The van der Waals surface area contributed by atoms with Gasteiger partial charge in [0, 0.05) is 25.7 Å². The number of halogens is 1. The van der Waals surface area contributed by atoms with Crippen LogP contribution in [0.25, 0.3) is 0 Å². The number of benzene rings is 1. The third-order valence-corrected chi connectivity index (χ3v) is 4.46. The maximum Gasteiger partial charge on any atom is 0.233 e. The van der Waals surface area contributed by atoms with E-state index in [9.17, 15) is 9.90 Å². The highest BCUT2D eigenvalue weighted by Gasteiger charge is 2.47. The molecule has 1 atom stereocenters. The van der Waals surface area contributed by atoms with Gasteiger partial charge in [-0.2, -0.15) is 0 Å². The Morgan fingerprint density at radius 1 is 1.43 bits per heavy atom. The Morgan fingerprint density at radius 2 is 2.05 bits per heavy atom. The fourth-order valence-corrected chi connectivity index (χ4v) is 3.06. The fourth-order valence-electron chi connectivity index (χ4n) is 2.93. The minimum atomic E-state index is -0.661. The van der Waals surface area contributed by atoms with Crippen molar-refractivity contribution in [2.24, 2.45) is 0 Å². The van der Waals surface area contributed by atoms with E-state index in [2.05, 4.69) is 0 Å². The van der Waals surface area contributed by atoms with E-state index in [1.165, 1.54) is 7.11 Å². The molecule has 0 bridgehead atoms. The Balaban J connectivity index is 2.12. The van der Waals surface area contributed by atoms with Crippen LogP contribution in [-0.2, 0) is 14.9 Å². The Bertz CT molecular complexity index is 485. The summed E-state index contributed by atoms with van der Waals surface area (Å²) in [5.41, 5.74) is 0.558. The van der Waals surface area contributed by atoms with Crippen molar-refractivity contribution in [2.45, 2.75) is 30.8 Å². The van der Waals surface area contributed by atoms with Crippen molar-refractivity contribution in [1.82, 2.24) is 4.90 Å². The van der Waals surface area contributed by atoms with Gasteiger partial charge in [-0.1, -0.05) is 30.2 Å². The van der Waals surface area contributed by atoms with Crippen molar-refractivity contribution in [3.8, 4) is 0 Å². The lowest BCUT2D eigenvalue weighted by molar-refractivity contribution is -0.141. The SMILES string of the molecule is COC[C@H](O)CN(C)C(=O)C1(c2ccc(Cl)cc2)CCC1. The Labute approximate surface area is 130 Å². The summed E-state index contributed by atoms with van der Waals surface area (Å²) in [5, 5.41) is 10.5. The number of carbonyl (C=O) groups is 1. The first-order chi connectivity index (χ1) is 9.99. The normalized spacial score (nSPS) is 17.9. The molecule has 1 aromatic rings. The van der Waals surface area contributed by atoms with Gasteiger partial charge in [0.2, 0.25) is 5.91 Å². The van der Waals surface area contributed by atoms with Gasteiger partial charge in [0.05, 0.1) is 18.1 Å². The van der Waals surface area contributed by atoms with E-state index >= 15 is 0 Å². The van der Waals surface area contributed by atoms with E-state index in [4.69, 9.17) is 16.3 Å². The van der Waals surface area contributed by atoms with E-state index < -0.39 is 11.5 Å². The van der Waals surface area contributed by atoms with Crippen molar-refractivity contribution in [3.05, 3.63) is 34.9 Å². The van der Waals surface area contributed by atoms with E-state index in [1.54, 1.807) is 11.9 Å². The molecular weight excluding hydrogens is 290 g/mol. The molecule has 5 heteroatoms. The van der Waals surface area contributed by atoms with E-state index in [-0.39, 0.29) is 19.1 Å². The van der Waals surface area contributed by atoms with Crippen LogP contribution in [0.1, 0.15) is 24.8 Å². The number of nitrogens with zero attached hydrogens (tertiary/aromatic N) is 1. The van der Waals surface area contributed by atoms with Crippen molar-refractivity contribution in [1.29, 1.82) is 0 Å². The summed E-state index contributed by atoms with van der Waals surface area (Å²) in [4.78, 5) is 14.4. The lowest BCUT2D eigenvalue weighted by atomic mass is 9.63. The van der Waals surface area contributed by atoms with Crippen LogP contribution >= 0.6 is 11.6 Å². The fraction of sp³-hybridized carbons (Fsp3) is 0.562. The predicted molar refractivity (Wildman–Crippen MR) is 82.5 cm³/mol. The van der Waals surface area contributed by atoms with E-state index in [0.717, 1.165) is 24.8 Å². The molecule has 0 radical (unpaired) electrons. The van der Waals surface area contributed by atoms with Crippen molar-refractivity contribution in [3.63, 3.8) is 0 Å². The third-order valence-electron chi connectivity index (χ3n) is 4.20. The standard InChI is InChI=1S/C16H22ClNO3/c1-18(10-14(19)11-21-2)15(20)16(8-3-9-16)12-4-6-13(17)7-5-12/h4-7,14,19H,3,8-11H2,1-2H3/t14-/m1/s1. The van der Waals surface area contributed by atoms with Gasteiger partial charge >= 0.3 is 0 Å². The number of aliphatic hydroxyl groups is 1. The molecule has 21 heavy (non-hydrogen) atoms. The van der Waals surface area contributed by atoms with Crippen molar-refractivity contribution < 1.29 is 14.6 Å². The highest BCUT2D eigenvalue weighted by molar-refractivity contribution is 6.30. The summed E-state index contributed by atoms with van der Waals surface area (Å²) < 4.78 is 4.91. The summed E-state index contributed by atoms with van der Waals surface area (Å²) >= 11 is 5.93. The zero-order valence-electron chi connectivity index (χ0n) is 12.5. The van der Waals surface area contributed by atoms with E-state index in [0.29, 0.717) is 5.02 Å². The number of likely N-dealkylation sites (N-methyl/N-ethyl adjacent to an activating group) is 1. The first-order valence-electron chi connectivity index (χ1n) is 7.18. The molecule has 0 saturated heterocycles. The molecule has 1 fully saturated rings. The molecule has 1 N–H and O–H groups in total. The molecule has 0 unspecified atom stereocenters. The van der Waals surface area contributed by atoms with Crippen LogP contribution in [0.2, 0.25) is 5.02 Å². The van der Waals surface area contributed by atoms with Gasteiger partial charge in [0.15, 0.2) is 0 Å². The lowest BCUT2D eigenvalue weighted by Crippen LogP contribution is -2.51. The zero-order valence-corrected chi connectivity index (χ0v) is 13.3. The summed E-state index contributed by atoms with van der Waals surface area (Å²) in [7, 11) is 3.27. The molecule has 4 nitrogen and oxygen atoms in total. The highest BCUT2D eigenvalue weighted by Crippen LogP contribution is 2.45. The lowest BCUT2D eigenvalue weighted by Gasteiger charge is -2.43. The summed E-state index contributed by atoms with van der Waals surface area (Å²) in [6.07, 6.45) is 2.07. The van der Waals surface area contributed by atoms with Gasteiger partial charge in [0.25, 0.3) is 0 Å². The van der Waals surface area contributed by atoms with Gasteiger partial charge in [-0.25, -0.2) is 0 Å². The number of methoxy groups -OCH3 is 1. The molecule has 1 aliphatic rings. The van der Waals surface area contributed by atoms with Gasteiger partial charge < -0.3 is 14.7 Å². The summed E-state index contributed by atoms with van der Waals surface area (Å²) in [6, 6.07) is 7.51. The molecule has 0 heterocycles. The highest BCUT2D eigenvalue weighted by atomic mass is 35.5. The zero-order chi connectivity index (χ0) is 15.5. The number of hydrogen-bond acceptors (Lipinski definition) is 3. The Hall–Kier alpha value is -1.10. The van der Waals surface area contributed by atoms with Gasteiger partial charge in [-0.05, 0) is 30.5 Å². The third kappa shape index (κ3) is 3.39. The van der Waals surface area contributed by atoms with Crippen LogP contribution in [0.15, 0.2) is 24.3 Å². The molecular formula is C16H22ClNO3. The van der Waals surface area contributed by atoms with Crippen LogP contribution < -0.4 is 0 Å². The number of ether oxygens (including phenoxy) is 1. The van der Waals surface area contributed by atoms with Gasteiger partial charge in [0.1, 0.15) is 0 Å². The first-order valence-corrected chi connectivity index (χ1v) is 7.56. The van der Waals surface area contributed by atoms with Crippen LogP contribution in [0.4, 0.5) is 0 Å². The molecule has 116 valence electrons. The van der Waals surface area contributed by atoms with Crippen LogP contribution in [0.3, 0.4) is 0 Å². The Kier molecular flexibility index (Phi) is 5.25. The van der Waals surface area contributed by atoms with Crippen LogP contribution in [0, 0.1) is 0 Å². The number of rotatable bonds is 6. The molecule has 1 aliphatic carbocycles. The number of aliphatic hydroxyl groups excluding tert-OH is 1. The quantitative estimate of drug-likeness (QED) is 0.876.